The summed E-state index contributed by atoms with van der Waals surface area (Å²) >= 11 is 0. The van der Waals surface area contributed by atoms with Gasteiger partial charge in [-0.3, -0.25) is 15.6 Å². The molecule has 1 heterocycles. The summed E-state index contributed by atoms with van der Waals surface area (Å²) in [7, 11) is 0. The lowest BCUT2D eigenvalue weighted by Gasteiger charge is -2.12. The van der Waals surface area contributed by atoms with Gasteiger partial charge in [0.25, 0.3) is 5.91 Å². The predicted octanol–water partition coefficient (Wildman–Crippen LogP) is 4.47. The van der Waals surface area contributed by atoms with Crippen molar-refractivity contribution >= 4 is 28.4 Å². The van der Waals surface area contributed by atoms with Gasteiger partial charge in [0.2, 0.25) is 5.95 Å². The predicted molar refractivity (Wildman–Crippen MR) is 121 cm³/mol. The number of amides is 1. The third-order valence-electron chi connectivity index (χ3n) is 4.70. The molecule has 0 aliphatic carbocycles. The summed E-state index contributed by atoms with van der Waals surface area (Å²) in [6.07, 6.45) is 0. The molecule has 0 saturated heterocycles. The molecule has 1 amide bonds. The van der Waals surface area contributed by atoms with Gasteiger partial charge >= 0.3 is 0 Å². The van der Waals surface area contributed by atoms with Crippen LogP contribution >= 0.6 is 0 Å². The largest absolute Gasteiger partial charge is 0.345 e. The molecule has 3 N–H and O–H groups in total. The maximum atomic E-state index is 12.2. The van der Waals surface area contributed by atoms with E-state index in [2.05, 4.69) is 32.2 Å². The van der Waals surface area contributed by atoms with Crippen LogP contribution in [-0.2, 0) is 4.79 Å². The molecule has 1 aromatic heterocycles. The minimum atomic E-state index is -0.218. The van der Waals surface area contributed by atoms with Gasteiger partial charge in [-0.25, -0.2) is 9.97 Å². The highest BCUT2D eigenvalue weighted by molar-refractivity contribution is 5.93. The highest BCUT2D eigenvalue weighted by Gasteiger charge is 2.11. The zero-order valence-electron chi connectivity index (χ0n) is 16.9. The van der Waals surface area contributed by atoms with Gasteiger partial charge in [0.05, 0.1) is 23.4 Å². The SMILES string of the molecule is Cc1ccc(NNC(=O)CNc2nc(-c3ccccc3)c3cc(C)ccc3n2)cc1. The molecule has 0 aliphatic heterocycles. The highest BCUT2D eigenvalue weighted by Crippen LogP contribution is 2.27. The van der Waals surface area contributed by atoms with E-state index in [1.54, 1.807) is 0 Å². The second kappa shape index (κ2) is 8.61. The summed E-state index contributed by atoms with van der Waals surface area (Å²) in [4.78, 5) is 21.5. The molecular weight excluding hydrogens is 374 g/mol. The molecule has 3 aromatic carbocycles. The van der Waals surface area contributed by atoms with Crippen molar-refractivity contribution in [3.8, 4) is 11.3 Å². The highest BCUT2D eigenvalue weighted by atomic mass is 16.2. The topological polar surface area (TPSA) is 78.9 Å². The van der Waals surface area contributed by atoms with E-state index >= 15 is 0 Å². The molecule has 6 heteroatoms. The molecule has 0 bridgehead atoms. The number of nitrogens with one attached hydrogen (secondary N) is 3. The van der Waals surface area contributed by atoms with Crippen molar-refractivity contribution in [3.05, 3.63) is 83.9 Å². The van der Waals surface area contributed by atoms with Crippen LogP contribution in [0.15, 0.2) is 72.8 Å². The zero-order valence-corrected chi connectivity index (χ0v) is 16.9. The van der Waals surface area contributed by atoms with E-state index in [-0.39, 0.29) is 12.5 Å². The van der Waals surface area contributed by atoms with Crippen LogP contribution in [0.5, 0.6) is 0 Å². The molecule has 0 spiro atoms. The van der Waals surface area contributed by atoms with E-state index in [4.69, 9.17) is 0 Å². The quantitative estimate of drug-likeness (QED) is 0.419. The second-order valence-corrected chi connectivity index (χ2v) is 7.18. The van der Waals surface area contributed by atoms with Crippen LogP contribution in [0, 0.1) is 13.8 Å². The summed E-state index contributed by atoms with van der Waals surface area (Å²) in [5, 5.41) is 4.02. The van der Waals surface area contributed by atoms with E-state index in [1.165, 1.54) is 0 Å². The first kappa shape index (κ1) is 19.4. The van der Waals surface area contributed by atoms with Crippen molar-refractivity contribution in [1.29, 1.82) is 0 Å². The van der Waals surface area contributed by atoms with E-state index in [1.807, 2.05) is 80.6 Å². The fraction of sp³-hybridized carbons (Fsp3) is 0.125. The average molecular weight is 397 g/mol. The molecule has 0 radical (unpaired) electrons. The van der Waals surface area contributed by atoms with Gasteiger partial charge in [-0.2, -0.15) is 0 Å². The maximum Gasteiger partial charge on any atom is 0.257 e. The van der Waals surface area contributed by atoms with Crippen LogP contribution in [0.2, 0.25) is 0 Å². The van der Waals surface area contributed by atoms with Crippen LogP contribution in [0.1, 0.15) is 11.1 Å². The van der Waals surface area contributed by atoms with E-state index < -0.39 is 0 Å². The Kier molecular flexibility index (Phi) is 5.57. The molecule has 0 atom stereocenters. The Hall–Kier alpha value is -3.93. The number of hydrogen-bond donors (Lipinski definition) is 3. The molecule has 30 heavy (non-hydrogen) atoms. The average Bonchev–Trinajstić information content (AvgIpc) is 2.77. The summed E-state index contributed by atoms with van der Waals surface area (Å²) in [6, 6.07) is 23.8. The Labute approximate surface area is 175 Å². The van der Waals surface area contributed by atoms with Crippen LogP contribution in [0.4, 0.5) is 11.6 Å². The van der Waals surface area contributed by atoms with Gasteiger partial charge in [0.1, 0.15) is 0 Å². The number of benzene rings is 3. The van der Waals surface area contributed by atoms with Gasteiger partial charge in [-0.1, -0.05) is 59.7 Å². The number of anilines is 2. The summed E-state index contributed by atoms with van der Waals surface area (Å²) in [5.74, 6) is 0.195. The Morgan fingerprint density at radius 3 is 2.37 bits per heavy atom. The molecule has 0 aliphatic rings. The fourth-order valence-electron chi connectivity index (χ4n) is 3.12. The molecule has 0 saturated carbocycles. The minimum Gasteiger partial charge on any atom is -0.345 e. The lowest BCUT2D eigenvalue weighted by atomic mass is 10.0. The fourth-order valence-corrected chi connectivity index (χ4v) is 3.12. The van der Waals surface area contributed by atoms with Crippen molar-refractivity contribution in [3.63, 3.8) is 0 Å². The summed E-state index contributed by atoms with van der Waals surface area (Å²) in [5.41, 5.74) is 11.4. The first-order valence-corrected chi connectivity index (χ1v) is 9.78. The Morgan fingerprint density at radius 2 is 1.60 bits per heavy atom. The molecular formula is C24H23N5O. The number of hydrazine groups is 1. The van der Waals surface area contributed by atoms with Gasteiger partial charge in [-0.05, 0) is 38.1 Å². The molecule has 0 unspecified atom stereocenters. The molecule has 150 valence electrons. The molecule has 4 rings (SSSR count). The number of rotatable bonds is 6. The lowest BCUT2D eigenvalue weighted by Crippen LogP contribution is -2.34. The number of carbonyl (C=O) groups is 1. The standard InChI is InChI=1S/C24H23N5O/c1-16-8-11-19(12-9-16)28-29-22(30)15-25-24-26-21-13-10-17(2)14-20(21)23(27-24)18-6-4-3-5-7-18/h3-14,28H,15H2,1-2H3,(H,29,30)(H,25,26,27). The number of aromatic nitrogens is 2. The molecule has 4 aromatic rings. The van der Waals surface area contributed by atoms with Gasteiger partial charge in [-0.15, -0.1) is 0 Å². The normalized spacial score (nSPS) is 10.6. The van der Waals surface area contributed by atoms with Crippen LogP contribution in [-0.4, -0.2) is 22.4 Å². The van der Waals surface area contributed by atoms with Gasteiger partial charge < -0.3 is 5.32 Å². The Morgan fingerprint density at radius 1 is 0.867 bits per heavy atom. The third kappa shape index (κ3) is 4.55. The van der Waals surface area contributed by atoms with Crippen LogP contribution in [0.25, 0.3) is 22.2 Å². The Balaban J connectivity index is 1.50. The van der Waals surface area contributed by atoms with E-state index in [9.17, 15) is 4.79 Å². The first-order valence-electron chi connectivity index (χ1n) is 9.78. The van der Waals surface area contributed by atoms with Crippen molar-refractivity contribution in [2.75, 3.05) is 17.3 Å². The third-order valence-corrected chi connectivity index (χ3v) is 4.70. The number of nitrogens with zero attached hydrogens (tertiary/aromatic N) is 2. The van der Waals surface area contributed by atoms with Crippen molar-refractivity contribution < 1.29 is 4.79 Å². The number of aryl methyl sites for hydroxylation is 2. The van der Waals surface area contributed by atoms with Crippen LogP contribution < -0.4 is 16.2 Å². The zero-order chi connectivity index (χ0) is 20.9. The smallest absolute Gasteiger partial charge is 0.257 e. The van der Waals surface area contributed by atoms with E-state index in [0.29, 0.717) is 5.95 Å². The monoisotopic (exact) mass is 397 g/mol. The lowest BCUT2D eigenvalue weighted by molar-refractivity contribution is -0.118. The summed E-state index contributed by atoms with van der Waals surface area (Å²) < 4.78 is 0. The second-order valence-electron chi connectivity index (χ2n) is 7.18. The number of carbonyl (C=O) groups excluding carboxylic acids is 1. The van der Waals surface area contributed by atoms with Crippen LogP contribution in [0.3, 0.4) is 0 Å². The first-order chi connectivity index (χ1) is 14.6. The van der Waals surface area contributed by atoms with Crippen molar-refractivity contribution in [2.24, 2.45) is 0 Å². The maximum absolute atomic E-state index is 12.2. The van der Waals surface area contributed by atoms with Crippen molar-refractivity contribution in [2.45, 2.75) is 13.8 Å². The minimum absolute atomic E-state index is 0.0461. The summed E-state index contributed by atoms with van der Waals surface area (Å²) in [6.45, 7) is 4.11. The molecule has 6 nitrogen and oxygen atoms in total. The Bertz CT molecular complexity index is 1170. The molecule has 0 fully saturated rings. The van der Waals surface area contributed by atoms with Gasteiger partial charge in [0.15, 0.2) is 0 Å². The number of fused-ring (bicyclic) bond motifs is 1. The van der Waals surface area contributed by atoms with Crippen molar-refractivity contribution in [1.82, 2.24) is 15.4 Å². The van der Waals surface area contributed by atoms with Gasteiger partial charge in [0, 0.05) is 10.9 Å². The number of hydrogen-bond acceptors (Lipinski definition) is 5. The van der Waals surface area contributed by atoms with E-state index in [0.717, 1.165) is 39.0 Å².